The molecule has 0 atom stereocenters. The Hall–Kier alpha value is -2.74. The second-order valence-corrected chi connectivity index (χ2v) is 8.28. The van der Waals surface area contributed by atoms with Crippen LogP contribution in [0.1, 0.15) is 25.5 Å². The smallest absolute Gasteiger partial charge is 0.257 e. The van der Waals surface area contributed by atoms with E-state index in [1.54, 1.807) is 15.8 Å². The van der Waals surface area contributed by atoms with Gasteiger partial charge in [0.15, 0.2) is 0 Å². The number of benzene rings is 1. The Labute approximate surface area is 173 Å². The fraction of sp³-hybridized carbons (Fsp3) is 0.455. The molecule has 0 radical (unpaired) electrons. The molecule has 1 aliphatic heterocycles. The first-order valence-corrected chi connectivity index (χ1v) is 10.2. The minimum Gasteiger partial charge on any atom is -0.299 e. The highest BCUT2D eigenvalue weighted by molar-refractivity contribution is 5.86. The van der Waals surface area contributed by atoms with E-state index < -0.39 is 5.92 Å². The number of nitrogens with zero attached hydrogens (tertiary/aromatic N) is 5. The van der Waals surface area contributed by atoms with Crippen molar-refractivity contribution in [2.45, 2.75) is 32.1 Å². The van der Waals surface area contributed by atoms with Crippen molar-refractivity contribution >= 4 is 16.7 Å². The largest absolute Gasteiger partial charge is 0.299 e. The molecule has 0 aliphatic carbocycles. The van der Waals surface area contributed by atoms with Crippen LogP contribution in [0, 0.1) is 5.92 Å². The number of aryl methyl sites for hydroxylation is 1. The maximum Gasteiger partial charge on any atom is 0.257 e. The zero-order chi connectivity index (χ0) is 21.3. The SMILES string of the molecule is Cn1cc(-c2ccc3nnc(CC(=O)C4CCN(CC(C)(F)F)CC4)cc3c2)cn1. The summed E-state index contributed by atoms with van der Waals surface area (Å²) in [4.78, 5) is 14.5. The van der Waals surface area contributed by atoms with Crippen molar-refractivity contribution in [3.8, 4) is 11.1 Å². The normalized spacial score (nSPS) is 16.3. The van der Waals surface area contributed by atoms with Gasteiger partial charge in [0.2, 0.25) is 0 Å². The molecule has 6 nitrogen and oxygen atoms in total. The molecule has 2 aromatic heterocycles. The molecular formula is C22H25F2N5O. The molecule has 1 saturated heterocycles. The molecule has 0 N–H and O–H groups in total. The third-order valence-electron chi connectivity index (χ3n) is 5.57. The summed E-state index contributed by atoms with van der Waals surface area (Å²) in [5.41, 5.74) is 3.45. The number of Topliss-reactive ketones (excluding diaryl/α,β-unsaturated/α-hetero) is 1. The first kappa shape index (κ1) is 20.5. The van der Waals surface area contributed by atoms with E-state index in [4.69, 9.17) is 0 Å². The Morgan fingerprint density at radius 3 is 2.60 bits per heavy atom. The van der Waals surface area contributed by atoms with Gasteiger partial charge in [0, 0.05) is 37.0 Å². The number of likely N-dealkylation sites (tertiary alicyclic amines) is 1. The van der Waals surface area contributed by atoms with E-state index in [9.17, 15) is 13.6 Å². The number of halogens is 2. The molecule has 0 amide bonds. The molecule has 1 aromatic carbocycles. The highest BCUT2D eigenvalue weighted by Crippen LogP contribution is 2.25. The van der Waals surface area contributed by atoms with Crippen LogP contribution in [0.4, 0.5) is 8.78 Å². The van der Waals surface area contributed by atoms with Crippen LogP contribution in [0.3, 0.4) is 0 Å². The fourth-order valence-corrected chi connectivity index (χ4v) is 4.05. The quantitative estimate of drug-likeness (QED) is 0.619. The lowest BCUT2D eigenvalue weighted by atomic mass is 9.90. The van der Waals surface area contributed by atoms with Gasteiger partial charge in [0.05, 0.1) is 30.4 Å². The average molecular weight is 413 g/mol. The van der Waals surface area contributed by atoms with Crippen molar-refractivity contribution in [3.63, 3.8) is 0 Å². The number of carbonyl (C=O) groups excluding carboxylic acids is 1. The van der Waals surface area contributed by atoms with Gasteiger partial charge >= 0.3 is 0 Å². The molecule has 3 aromatic rings. The van der Waals surface area contributed by atoms with Crippen LogP contribution in [0.2, 0.25) is 0 Å². The number of piperidine rings is 1. The summed E-state index contributed by atoms with van der Waals surface area (Å²) in [7, 11) is 1.87. The zero-order valence-electron chi connectivity index (χ0n) is 17.2. The second kappa shape index (κ2) is 8.18. The van der Waals surface area contributed by atoms with Gasteiger partial charge in [-0.3, -0.25) is 14.4 Å². The second-order valence-electron chi connectivity index (χ2n) is 8.28. The van der Waals surface area contributed by atoms with E-state index in [-0.39, 0.29) is 24.7 Å². The Bertz CT molecular complexity index is 1050. The van der Waals surface area contributed by atoms with Crippen LogP contribution in [0.5, 0.6) is 0 Å². The first-order chi connectivity index (χ1) is 14.3. The lowest BCUT2D eigenvalue weighted by molar-refractivity contribution is -0.124. The Balaban J connectivity index is 1.43. The van der Waals surface area contributed by atoms with Crippen molar-refractivity contribution < 1.29 is 13.6 Å². The summed E-state index contributed by atoms with van der Waals surface area (Å²) in [5.74, 6) is -2.70. The fourth-order valence-electron chi connectivity index (χ4n) is 4.05. The van der Waals surface area contributed by atoms with Crippen molar-refractivity contribution in [3.05, 3.63) is 42.4 Å². The van der Waals surface area contributed by atoms with Crippen LogP contribution in [0.15, 0.2) is 36.7 Å². The number of aromatic nitrogens is 4. The molecule has 0 saturated carbocycles. The third kappa shape index (κ3) is 4.87. The van der Waals surface area contributed by atoms with Gasteiger partial charge in [-0.1, -0.05) is 6.07 Å². The Kier molecular flexibility index (Phi) is 5.60. The number of rotatable bonds is 6. The van der Waals surface area contributed by atoms with E-state index in [0.29, 0.717) is 31.6 Å². The average Bonchev–Trinajstić information content (AvgIpc) is 3.13. The molecule has 8 heteroatoms. The maximum atomic E-state index is 13.2. The highest BCUT2D eigenvalue weighted by atomic mass is 19.3. The standard InChI is InChI=1S/C22H25F2N5O/c1-22(23,24)14-29-7-5-15(6-8-29)21(30)11-19-10-17-9-16(3-4-20(17)27-26-19)18-12-25-28(2)13-18/h3-4,9-10,12-13,15H,5-8,11,14H2,1-2H3. The molecule has 1 aliphatic rings. The molecule has 3 heterocycles. The minimum atomic E-state index is -2.70. The van der Waals surface area contributed by atoms with E-state index in [0.717, 1.165) is 29.0 Å². The number of fused-ring (bicyclic) bond motifs is 1. The number of alkyl halides is 2. The molecule has 30 heavy (non-hydrogen) atoms. The highest BCUT2D eigenvalue weighted by Gasteiger charge is 2.30. The van der Waals surface area contributed by atoms with Crippen molar-refractivity contribution in [1.82, 2.24) is 24.9 Å². The van der Waals surface area contributed by atoms with Gasteiger partial charge in [0.1, 0.15) is 5.78 Å². The number of hydrogen-bond acceptors (Lipinski definition) is 5. The number of carbonyl (C=O) groups is 1. The molecule has 0 spiro atoms. The van der Waals surface area contributed by atoms with Crippen LogP contribution in [-0.2, 0) is 18.3 Å². The predicted molar refractivity (Wildman–Crippen MR) is 110 cm³/mol. The third-order valence-corrected chi connectivity index (χ3v) is 5.57. The monoisotopic (exact) mass is 413 g/mol. The van der Waals surface area contributed by atoms with Gasteiger partial charge < -0.3 is 0 Å². The number of hydrogen-bond donors (Lipinski definition) is 0. The van der Waals surface area contributed by atoms with Crippen LogP contribution < -0.4 is 0 Å². The minimum absolute atomic E-state index is 0.106. The van der Waals surface area contributed by atoms with Crippen LogP contribution in [0.25, 0.3) is 22.0 Å². The summed E-state index contributed by atoms with van der Waals surface area (Å²) in [5, 5.41) is 13.6. The maximum absolute atomic E-state index is 13.2. The van der Waals surface area contributed by atoms with Crippen molar-refractivity contribution in [1.29, 1.82) is 0 Å². The summed E-state index contributed by atoms with van der Waals surface area (Å²) in [6, 6.07) is 7.83. The topological polar surface area (TPSA) is 63.9 Å². The Morgan fingerprint density at radius 2 is 1.93 bits per heavy atom. The van der Waals surface area contributed by atoms with Gasteiger partial charge in [-0.05, 0) is 49.7 Å². The zero-order valence-corrected chi connectivity index (χ0v) is 17.2. The Morgan fingerprint density at radius 1 is 1.17 bits per heavy atom. The summed E-state index contributed by atoms with van der Waals surface area (Å²) in [6.07, 6.45) is 5.19. The molecule has 4 rings (SSSR count). The van der Waals surface area contributed by atoms with E-state index in [2.05, 4.69) is 15.3 Å². The van der Waals surface area contributed by atoms with E-state index in [1.807, 2.05) is 37.5 Å². The molecular weight excluding hydrogens is 388 g/mol. The molecule has 1 fully saturated rings. The summed E-state index contributed by atoms with van der Waals surface area (Å²) >= 11 is 0. The lowest BCUT2D eigenvalue weighted by Crippen LogP contribution is -2.42. The van der Waals surface area contributed by atoms with Crippen molar-refractivity contribution in [2.24, 2.45) is 13.0 Å². The first-order valence-electron chi connectivity index (χ1n) is 10.2. The lowest BCUT2D eigenvalue weighted by Gasteiger charge is -2.32. The van der Waals surface area contributed by atoms with Crippen LogP contribution >= 0.6 is 0 Å². The van der Waals surface area contributed by atoms with Crippen LogP contribution in [-0.4, -0.2) is 56.2 Å². The molecule has 0 bridgehead atoms. The van der Waals surface area contributed by atoms with Gasteiger partial charge in [-0.2, -0.15) is 15.3 Å². The molecule has 0 unspecified atom stereocenters. The number of ketones is 1. The molecule has 158 valence electrons. The van der Waals surface area contributed by atoms with E-state index >= 15 is 0 Å². The van der Waals surface area contributed by atoms with Crippen molar-refractivity contribution in [2.75, 3.05) is 19.6 Å². The van der Waals surface area contributed by atoms with Gasteiger partial charge in [-0.25, -0.2) is 8.78 Å². The van der Waals surface area contributed by atoms with E-state index in [1.165, 1.54) is 0 Å². The van der Waals surface area contributed by atoms with Gasteiger partial charge in [0.25, 0.3) is 5.92 Å². The van der Waals surface area contributed by atoms with Gasteiger partial charge in [-0.15, -0.1) is 0 Å². The summed E-state index contributed by atoms with van der Waals surface area (Å²) in [6.45, 7) is 1.74. The summed E-state index contributed by atoms with van der Waals surface area (Å²) < 4.78 is 28.1. The predicted octanol–water partition coefficient (Wildman–Crippen LogP) is 3.51.